The van der Waals surface area contributed by atoms with E-state index in [1.807, 2.05) is 0 Å². The lowest BCUT2D eigenvalue weighted by molar-refractivity contribution is -0.663. The van der Waals surface area contributed by atoms with Crippen LogP contribution in [0.1, 0.15) is 66.4 Å². The van der Waals surface area contributed by atoms with E-state index in [1.54, 1.807) is 0 Å². The van der Waals surface area contributed by atoms with Crippen LogP contribution in [0.4, 0.5) is 0 Å². The van der Waals surface area contributed by atoms with Crippen molar-refractivity contribution in [1.82, 2.24) is 4.57 Å². The lowest BCUT2D eigenvalue weighted by atomic mass is 9.93. The summed E-state index contributed by atoms with van der Waals surface area (Å²) in [5, 5.41) is 2.22. The van der Waals surface area contributed by atoms with Gasteiger partial charge in [0.25, 0.3) is 0 Å². The van der Waals surface area contributed by atoms with Gasteiger partial charge in [0.2, 0.25) is 6.33 Å². The minimum atomic E-state index is 0. The number of rotatable bonds is 15. The molecule has 0 amide bonds. The van der Waals surface area contributed by atoms with Gasteiger partial charge in [-0.25, -0.2) is 9.13 Å². The average Bonchev–Trinajstić information content (AvgIpc) is 3.44. The van der Waals surface area contributed by atoms with Crippen molar-refractivity contribution >= 4 is 21.8 Å². The van der Waals surface area contributed by atoms with Crippen molar-refractivity contribution in [2.75, 3.05) is 13.2 Å². The normalized spacial score (nSPS) is 11.5. The van der Waals surface area contributed by atoms with Gasteiger partial charge in [-0.15, -0.1) is 0 Å². The van der Waals surface area contributed by atoms with Crippen LogP contribution in [0.25, 0.3) is 44.1 Å². The third-order valence-electron chi connectivity index (χ3n) is 9.40. The Labute approximate surface area is 309 Å². The number of imidazole rings is 1. The lowest BCUT2D eigenvalue weighted by Gasteiger charge is -2.18. The number of ether oxygens (including phenoxy) is 2. The Bertz CT molecular complexity index is 1980. The molecule has 1 heterocycles. The third kappa shape index (κ3) is 8.79. The Balaban J connectivity index is 0.00000486. The van der Waals surface area contributed by atoms with Crippen LogP contribution in [0.15, 0.2) is 109 Å². The van der Waals surface area contributed by atoms with Crippen molar-refractivity contribution in [3.05, 3.63) is 115 Å². The van der Waals surface area contributed by atoms with Gasteiger partial charge in [0, 0.05) is 16.3 Å². The first-order chi connectivity index (χ1) is 23.8. The minimum absolute atomic E-state index is 0. The van der Waals surface area contributed by atoms with Crippen molar-refractivity contribution in [1.29, 1.82) is 0 Å². The second-order valence-corrected chi connectivity index (χ2v) is 14.7. The van der Waals surface area contributed by atoms with Crippen molar-refractivity contribution in [2.24, 2.45) is 17.8 Å². The van der Waals surface area contributed by atoms with Crippen molar-refractivity contribution in [3.8, 4) is 33.8 Å². The van der Waals surface area contributed by atoms with E-state index in [-0.39, 0.29) is 17.0 Å². The second-order valence-electron chi connectivity index (χ2n) is 14.7. The Morgan fingerprint density at radius 3 is 1.74 bits per heavy atom. The maximum atomic E-state index is 6.72. The van der Waals surface area contributed by atoms with Gasteiger partial charge in [-0.1, -0.05) is 126 Å². The highest BCUT2D eigenvalue weighted by atomic mass is 79.9. The largest absolute Gasteiger partial charge is 1.00 e. The van der Waals surface area contributed by atoms with Crippen molar-refractivity contribution in [2.45, 2.75) is 73.9 Å². The van der Waals surface area contributed by atoms with Gasteiger partial charge < -0.3 is 26.5 Å². The molecule has 0 aliphatic heterocycles. The molecule has 6 aromatic rings. The molecule has 5 aromatic carbocycles. The minimum Gasteiger partial charge on any atom is -1.00 e. The van der Waals surface area contributed by atoms with E-state index >= 15 is 0 Å². The molecule has 4 nitrogen and oxygen atoms in total. The summed E-state index contributed by atoms with van der Waals surface area (Å²) in [6, 6.07) is 37.2. The number of fused-ring (bicyclic) bond motifs is 2. The molecular formula is C45H53BrN2O2. The maximum Gasteiger partial charge on any atom is 0.245 e. The Morgan fingerprint density at radius 2 is 1.14 bits per heavy atom. The second kappa shape index (κ2) is 17.2. The van der Waals surface area contributed by atoms with Gasteiger partial charge in [0.05, 0.1) is 19.8 Å². The summed E-state index contributed by atoms with van der Waals surface area (Å²) >= 11 is 0. The molecule has 0 bridgehead atoms. The summed E-state index contributed by atoms with van der Waals surface area (Å²) in [7, 11) is 0. The predicted octanol–water partition coefficient (Wildman–Crippen LogP) is 8.36. The number of nitrogens with zero attached hydrogens (tertiary/aromatic N) is 2. The molecular weight excluding hydrogens is 680 g/mol. The third-order valence-corrected chi connectivity index (χ3v) is 9.40. The fourth-order valence-corrected chi connectivity index (χ4v) is 6.51. The lowest BCUT2D eigenvalue weighted by Crippen LogP contribution is -3.00. The summed E-state index contributed by atoms with van der Waals surface area (Å²) in [6.07, 6.45) is 5.45. The van der Waals surface area contributed by atoms with E-state index in [9.17, 15) is 0 Å². The van der Waals surface area contributed by atoms with Crippen molar-refractivity contribution in [3.63, 3.8) is 0 Å². The number of hydrogen-bond acceptors (Lipinski definition) is 2. The maximum absolute atomic E-state index is 6.72. The highest BCUT2D eigenvalue weighted by Crippen LogP contribution is 2.39. The molecule has 1 aromatic heterocycles. The molecule has 0 spiro atoms. The molecule has 0 saturated heterocycles. The number of halogens is 1. The molecule has 0 unspecified atom stereocenters. The monoisotopic (exact) mass is 732 g/mol. The number of aryl methyl sites for hydroxylation is 1. The van der Waals surface area contributed by atoms with Crippen LogP contribution >= 0.6 is 0 Å². The first kappa shape index (κ1) is 37.2. The molecule has 0 saturated carbocycles. The Hall–Kier alpha value is -4.09. The standard InChI is InChI=1S/C45H53N2O2.BrH/c1-32(2)21-24-46-31-47(43-29-41(36-17-11-8-12-18-36)40(28-42(43)46)35-15-9-7-10-16-35)30-37-27-44(48-25-22-33(3)4)38-19-13-14-20-39(38)45(37)49-26-23-34(5)6;/h7-20,27-29,31-34H,21-26,30H2,1-6H3;1H/q+1;/p-1. The number of hydrogen-bond donors (Lipinski definition) is 0. The first-order valence-electron chi connectivity index (χ1n) is 18.3. The molecule has 6 rings (SSSR count). The fraction of sp³-hybridized carbons (Fsp3) is 0.356. The fourth-order valence-electron chi connectivity index (χ4n) is 6.51. The average molecular weight is 734 g/mol. The van der Waals surface area contributed by atoms with E-state index in [0.29, 0.717) is 37.5 Å². The van der Waals surface area contributed by atoms with E-state index < -0.39 is 0 Å². The molecule has 0 atom stereocenters. The van der Waals surface area contributed by atoms with Gasteiger partial charge in [-0.05, 0) is 77.5 Å². The first-order valence-corrected chi connectivity index (χ1v) is 18.3. The van der Waals surface area contributed by atoms with Crippen molar-refractivity contribution < 1.29 is 31.0 Å². The summed E-state index contributed by atoms with van der Waals surface area (Å²) in [4.78, 5) is 0. The van der Waals surface area contributed by atoms with Gasteiger partial charge in [-0.2, -0.15) is 0 Å². The van der Waals surface area contributed by atoms with Gasteiger partial charge in [0.15, 0.2) is 11.0 Å². The highest BCUT2D eigenvalue weighted by Gasteiger charge is 2.24. The van der Waals surface area contributed by atoms with Crippen LogP contribution in [-0.2, 0) is 13.1 Å². The molecule has 0 aliphatic carbocycles. The van der Waals surface area contributed by atoms with Gasteiger partial charge >= 0.3 is 0 Å². The van der Waals surface area contributed by atoms with Crippen LogP contribution in [0.5, 0.6) is 11.5 Å². The molecule has 50 heavy (non-hydrogen) atoms. The van der Waals surface area contributed by atoms with Crippen LogP contribution < -0.4 is 31.0 Å². The summed E-state index contributed by atoms with van der Waals surface area (Å²) < 4.78 is 18.1. The highest BCUT2D eigenvalue weighted by molar-refractivity contribution is 5.95. The van der Waals surface area contributed by atoms with Gasteiger partial charge in [-0.3, -0.25) is 0 Å². The topological polar surface area (TPSA) is 27.3 Å². The Kier molecular flexibility index (Phi) is 12.8. The molecule has 262 valence electrons. The number of benzene rings is 5. The van der Waals surface area contributed by atoms with Crippen LogP contribution in [0, 0.1) is 17.8 Å². The zero-order valence-corrected chi connectivity index (χ0v) is 32.2. The molecule has 0 fully saturated rings. The smallest absolute Gasteiger partial charge is 0.245 e. The summed E-state index contributed by atoms with van der Waals surface area (Å²) in [6.45, 7) is 16.6. The van der Waals surface area contributed by atoms with Crippen LogP contribution in [0.2, 0.25) is 0 Å². The van der Waals surface area contributed by atoms with Crippen LogP contribution in [-0.4, -0.2) is 17.8 Å². The molecule has 0 aliphatic rings. The van der Waals surface area contributed by atoms with E-state index in [2.05, 4.69) is 160 Å². The van der Waals surface area contributed by atoms with Crippen LogP contribution in [0.3, 0.4) is 0 Å². The predicted molar refractivity (Wildman–Crippen MR) is 205 cm³/mol. The zero-order chi connectivity index (χ0) is 34.3. The van der Waals surface area contributed by atoms with Gasteiger partial charge in [0.1, 0.15) is 18.0 Å². The quantitative estimate of drug-likeness (QED) is 0.0993. The molecule has 0 N–H and O–H groups in total. The summed E-state index contributed by atoms with van der Waals surface area (Å²) in [5.41, 5.74) is 8.53. The zero-order valence-electron chi connectivity index (χ0n) is 30.7. The van der Waals surface area contributed by atoms with E-state index in [0.717, 1.165) is 53.6 Å². The number of aromatic nitrogens is 2. The summed E-state index contributed by atoms with van der Waals surface area (Å²) in [5.74, 6) is 3.65. The SMILES string of the molecule is CC(C)CCOc1cc(C[n+]2cn(CCC(C)C)c3cc(-c4ccccc4)c(-c4ccccc4)cc32)c(OCCC(C)C)c2ccccc12.[Br-]. The molecule has 0 radical (unpaired) electrons. The van der Waals surface area contributed by atoms with E-state index in [1.165, 1.54) is 33.3 Å². The molecule has 5 heteroatoms. The Morgan fingerprint density at radius 1 is 0.600 bits per heavy atom. The van der Waals surface area contributed by atoms with E-state index in [4.69, 9.17) is 9.47 Å².